The van der Waals surface area contributed by atoms with Crippen LogP contribution in [0.2, 0.25) is 0 Å². The number of sulfonamides is 1. The number of nitrogens with one attached hydrogen (secondary N) is 1. The smallest absolute Gasteiger partial charge is 0.261 e. The van der Waals surface area contributed by atoms with Gasteiger partial charge < -0.3 is 24.4 Å². The van der Waals surface area contributed by atoms with E-state index >= 15 is 0 Å². The van der Waals surface area contributed by atoms with E-state index in [4.69, 9.17) is 9.47 Å². The Bertz CT molecular complexity index is 1570. The van der Waals surface area contributed by atoms with Crippen molar-refractivity contribution in [2.45, 2.75) is 69.6 Å². The maximum atomic E-state index is 14.3. The average molecular weight is 666 g/mol. The molecule has 3 aromatic rings. The third-order valence-corrected chi connectivity index (χ3v) is 9.83. The van der Waals surface area contributed by atoms with Crippen LogP contribution in [0.4, 0.5) is 5.69 Å². The molecule has 47 heavy (non-hydrogen) atoms. The molecule has 10 nitrogen and oxygen atoms in total. The summed E-state index contributed by atoms with van der Waals surface area (Å²) in [7, 11) is -2.15. The monoisotopic (exact) mass is 665 g/mol. The number of fused-ring (bicyclic) bond motifs is 1. The van der Waals surface area contributed by atoms with E-state index in [1.807, 2.05) is 44.2 Å². The van der Waals surface area contributed by atoms with E-state index < -0.39 is 22.0 Å². The van der Waals surface area contributed by atoms with Crippen molar-refractivity contribution in [3.63, 3.8) is 0 Å². The molecular formula is C36H47N3O7S. The van der Waals surface area contributed by atoms with Gasteiger partial charge in [0.1, 0.15) is 5.75 Å². The van der Waals surface area contributed by atoms with Gasteiger partial charge in [0.2, 0.25) is 5.91 Å². The fourth-order valence-corrected chi connectivity index (χ4v) is 6.61. The van der Waals surface area contributed by atoms with Gasteiger partial charge in [0.05, 0.1) is 41.7 Å². The Morgan fingerprint density at radius 2 is 1.72 bits per heavy atom. The van der Waals surface area contributed by atoms with E-state index in [0.717, 1.165) is 18.4 Å². The number of carbonyl (C=O) groups excluding carboxylic acids is 2. The minimum absolute atomic E-state index is 0.0338. The predicted molar refractivity (Wildman–Crippen MR) is 182 cm³/mol. The number of anilines is 1. The highest BCUT2D eigenvalue weighted by atomic mass is 32.2. The van der Waals surface area contributed by atoms with Crippen LogP contribution in [0.1, 0.15) is 56.0 Å². The number of amides is 2. The molecule has 4 atom stereocenters. The highest BCUT2D eigenvalue weighted by molar-refractivity contribution is 7.92. The second-order valence-corrected chi connectivity index (χ2v) is 14.0. The van der Waals surface area contributed by atoms with Gasteiger partial charge in [0, 0.05) is 38.3 Å². The lowest BCUT2D eigenvalue weighted by Gasteiger charge is -2.36. The van der Waals surface area contributed by atoms with Crippen LogP contribution in [-0.2, 0) is 26.0 Å². The topological polar surface area (TPSA) is 125 Å². The first-order chi connectivity index (χ1) is 22.5. The van der Waals surface area contributed by atoms with E-state index in [2.05, 4.69) is 4.72 Å². The van der Waals surface area contributed by atoms with E-state index in [-0.39, 0.29) is 59.8 Å². The molecule has 0 bridgehead atoms. The average Bonchev–Trinajstić information content (AvgIpc) is 3.06. The Balaban J connectivity index is 1.63. The quantitative estimate of drug-likeness (QED) is 0.330. The van der Waals surface area contributed by atoms with E-state index in [0.29, 0.717) is 25.3 Å². The molecule has 0 aromatic heterocycles. The molecule has 4 rings (SSSR count). The number of aliphatic hydroxyl groups is 1. The van der Waals surface area contributed by atoms with Crippen molar-refractivity contribution in [2.75, 3.05) is 38.1 Å². The molecule has 0 aliphatic carbocycles. The molecular weight excluding hydrogens is 618 g/mol. The molecule has 0 radical (unpaired) electrons. The van der Waals surface area contributed by atoms with Crippen LogP contribution >= 0.6 is 0 Å². The molecule has 0 saturated carbocycles. The lowest BCUT2D eigenvalue weighted by Crippen LogP contribution is -2.48. The van der Waals surface area contributed by atoms with Crippen molar-refractivity contribution in [1.29, 1.82) is 0 Å². The van der Waals surface area contributed by atoms with Gasteiger partial charge in [0.15, 0.2) is 0 Å². The van der Waals surface area contributed by atoms with Crippen molar-refractivity contribution in [3.05, 3.63) is 90.0 Å². The Hall–Kier alpha value is -3.93. The molecule has 1 heterocycles. The highest BCUT2D eigenvalue weighted by Crippen LogP contribution is 2.29. The third-order valence-electron chi connectivity index (χ3n) is 8.43. The van der Waals surface area contributed by atoms with Gasteiger partial charge >= 0.3 is 0 Å². The van der Waals surface area contributed by atoms with Gasteiger partial charge in [0.25, 0.3) is 15.9 Å². The largest absolute Gasteiger partial charge is 0.490 e. The maximum absolute atomic E-state index is 14.3. The SMILES string of the molecule is C[C@@H]1CCCCO[C@H](CN(C)C(=O)Cc2ccccc2)[C@@H](C)CN([C@@H](C)CO)C(=O)c2cc(NS(=O)(=O)c3ccccc3)ccc2O1. The van der Waals surface area contributed by atoms with Gasteiger partial charge in [-0.1, -0.05) is 55.5 Å². The standard InChI is InChI=1S/C36H47N3O7S/c1-26-23-39(27(2)25-40)36(42)32-22-30(37-47(43,44)31-16-9-6-10-17-31)18-19-33(32)46-28(3)13-11-12-20-45-34(26)24-38(4)35(41)21-29-14-7-5-8-15-29/h5-10,14-19,22,26-28,34,37,40H,11-13,20-21,23-25H2,1-4H3/t26-,27-,28+,34+/m0/s1. The molecule has 3 aromatic carbocycles. The zero-order valence-corrected chi connectivity index (χ0v) is 28.5. The third kappa shape index (κ3) is 10.0. The molecule has 2 N–H and O–H groups in total. The number of benzene rings is 3. The molecule has 0 spiro atoms. The number of hydrogen-bond acceptors (Lipinski definition) is 7. The van der Waals surface area contributed by atoms with Crippen LogP contribution in [0.25, 0.3) is 0 Å². The molecule has 1 aliphatic rings. The fourth-order valence-electron chi connectivity index (χ4n) is 5.54. The molecule has 0 saturated heterocycles. The number of ether oxygens (including phenoxy) is 2. The number of aliphatic hydroxyl groups excluding tert-OH is 1. The van der Waals surface area contributed by atoms with Crippen LogP contribution in [0, 0.1) is 5.92 Å². The molecule has 11 heteroatoms. The number of carbonyl (C=O) groups is 2. The zero-order valence-electron chi connectivity index (χ0n) is 27.7. The zero-order chi connectivity index (χ0) is 34.0. The van der Waals surface area contributed by atoms with Crippen LogP contribution in [0.15, 0.2) is 83.8 Å². The first-order valence-corrected chi connectivity index (χ1v) is 17.7. The molecule has 254 valence electrons. The second kappa shape index (κ2) is 16.8. The van der Waals surface area contributed by atoms with Crippen molar-refractivity contribution in [1.82, 2.24) is 9.80 Å². The summed E-state index contributed by atoms with van der Waals surface area (Å²) in [5.74, 6) is -0.325. The lowest BCUT2D eigenvalue weighted by molar-refractivity contribution is -0.131. The molecule has 1 aliphatic heterocycles. The predicted octanol–water partition coefficient (Wildman–Crippen LogP) is 4.98. The van der Waals surface area contributed by atoms with Gasteiger partial charge in [-0.25, -0.2) is 8.42 Å². The van der Waals surface area contributed by atoms with Crippen LogP contribution in [0.3, 0.4) is 0 Å². The second-order valence-electron chi connectivity index (χ2n) is 12.4. The number of likely N-dealkylation sites (N-methyl/N-ethyl adjacent to an activating group) is 1. The van der Waals surface area contributed by atoms with E-state index in [1.165, 1.54) is 18.2 Å². The Morgan fingerprint density at radius 3 is 2.40 bits per heavy atom. The van der Waals surface area contributed by atoms with Gasteiger partial charge in [-0.05, 0) is 69.0 Å². The van der Waals surface area contributed by atoms with Gasteiger partial charge in [-0.15, -0.1) is 0 Å². The summed E-state index contributed by atoms with van der Waals surface area (Å²) in [5.41, 5.74) is 1.32. The normalized spacial score (nSPS) is 20.3. The van der Waals surface area contributed by atoms with Crippen molar-refractivity contribution in [3.8, 4) is 5.75 Å². The molecule has 0 fully saturated rings. The van der Waals surface area contributed by atoms with Crippen LogP contribution < -0.4 is 9.46 Å². The number of rotatable bonds is 9. The minimum Gasteiger partial charge on any atom is -0.490 e. The van der Waals surface area contributed by atoms with Crippen molar-refractivity contribution in [2.24, 2.45) is 5.92 Å². The first kappa shape index (κ1) is 35.9. The number of hydrogen-bond donors (Lipinski definition) is 2. The summed E-state index contributed by atoms with van der Waals surface area (Å²) in [6.07, 6.45) is 2.01. The van der Waals surface area contributed by atoms with Crippen LogP contribution in [-0.4, -0.2) is 86.7 Å². The Morgan fingerprint density at radius 1 is 1.04 bits per heavy atom. The van der Waals surface area contributed by atoms with E-state index in [1.54, 1.807) is 54.1 Å². The number of nitrogens with zero attached hydrogens (tertiary/aromatic N) is 2. The lowest BCUT2D eigenvalue weighted by atomic mass is 10.0. The summed E-state index contributed by atoms with van der Waals surface area (Å²) < 4.78 is 41.4. The van der Waals surface area contributed by atoms with Gasteiger partial charge in [-0.2, -0.15) is 0 Å². The summed E-state index contributed by atoms with van der Waals surface area (Å²) in [6, 6.07) is 21.7. The molecule has 2 amide bonds. The first-order valence-electron chi connectivity index (χ1n) is 16.2. The summed E-state index contributed by atoms with van der Waals surface area (Å²) >= 11 is 0. The maximum Gasteiger partial charge on any atom is 0.261 e. The van der Waals surface area contributed by atoms with Crippen LogP contribution in [0.5, 0.6) is 5.75 Å². The summed E-state index contributed by atoms with van der Waals surface area (Å²) in [4.78, 5) is 30.8. The van der Waals surface area contributed by atoms with Crippen molar-refractivity contribution >= 4 is 27.5 Å². The van der Waals surface area contributed by atoms with E-state index in [9.17, 15) is 23.1 Å². The summed E-state index contributed by atoms with van der Waals surface area (Å²) in [5, 5.41) is 10.2. The van der Waals surface area contributed by atoms with Gasteiger partial charge in [-0.3, -0.25) is 14.3 Å². The molecule has 0 unspecified atom stereocenters. The highest BCUT2D eigenvalue weighted by Gasteiger charge is 2.31. The fraction of sp³-hybridized carbons (Fsp3) is 0.444. The van der Waals surface area contributed by atoms with Crippen molar-refractivity contribution < 1.29 is 32.6 Å². The Labute approximate surface area is 278 Å². The summed E-state index contributed by atoms with van der Waals surface area (Å²) in [6.45, 7) is 6.43. The Kier molecular flexibility index (Phi) is 12.8. The minimum atomic E-state index is -3.91.